The minimum Gasteiger partial charge on any atom is -0.381 e. The lowest BCUT2D eigenvalue weighted by Crippen LogP contribution is -2.21. The molecule has 1 atom stereocenters. The molecule has 3 heterocycles. The van der Waals surface area contributed by atoms with E-state index in [1.165, 1.54) is 0 Å². The number of aromatic amines is 1. The molecular weight excluding hydrogens is 286 g/mol. The van der Waals surface area contributed by atoms with E-state index in [0.717, 1.165) is 59.1 Å². The van der Waals surface area contributed by atoms with E-state index in [1.54, 1.807) is 11.3 Å². The maximum atomic E-state index is 12.1. The first-order chi connectivity index (χ1) is 10.1. The summed E-state index contributed by atoms with van der Waals surface area (Å²) in [6.45, 7) is 7.33. The molecule has 2 N–H and O–H groups in total. The van der Waals surface area contributed by atoms with Gasteiger partial charge in [-0.25, -0.2) is 4.98 Å². The van der Waals surface area contributed by atoms with Crippen LogP contribution in [0.5, 0.6) is 0 Å². The van der Waals surface area contributed by atoms with Crippen molar-refractivity contribution in [3.05, 3.63) is 26.6 Å². The fourth-order valence-corrected chi connectivity index (χ4v) is 3.76. The van der Waals surface area contributed by atoms with Gasteiger partial charge >= 0.3 is 0 Å². The number of ether oxygens (including phenoxy) is 1. The zero-order valence-electron chi connectivity index (χ0n) is 12.5. The molecule has 21 heavy (non-hydrogen) atoms. The van der Waals surface area contributed by atoms with E-state index in [0.29, 0.717) is 12.5 Å². The molecule has 2 aromatic rings. The van der Waals surface area contributed by atoms with Gasteiger partial charge in [-0.05, 0) is 44.7 Å². The molecule has 1 aliphatic heterocycles. The van der Waals surface area contributed by atoms with Crippen LogP contribution in [0.2, 0.25) is 0 Å². The van der Waals surface area contributed by atoms with Gasteiger partial charge in [-0.3, -0.25) is 4.79 Å². The highest BCUT2D eigenvalue weighted by Crippen LogP contribution is 2.25. The first-order valence-corrected chi connectivity index (χ1v) is 8.24. The monoisotopic (exact) mass is 307 g/mol. The number of aryl methyl sites for hydroxylation is 2. The molecule has 0 spiro atoms. The van der Waals surface area contributed by atoms with Crippen molar-refractivity contribution in [3.63, 3.8) is 0 Å². The minimum absolute atomic E-state index is 0.0251. The lowest BCUT2D eigenvalue weighted by atomic mass is 10.1. The number of nitrogens with one attached hydrogen (secondary N) is 2. The Bertz CT molecular complexity index is 686. The Kier molecular flexibility index (Phi) is 4.37. The highest BCUT2D eigenvalue weighted by Gasteiger charge is 2.15. The van der Waals surface area contributed by atoms with Crippen LogP contribution in [-0.4, -0.2) is 29.7 Å². The Balaban J connectivity index is 1.63. The summed E-state index contributed by atoms with van der Waals surface area (Å²) in [5.74, 6) is 1.39. The third-order valence-electron chi connectivity index (χ3n) is 4.13. The minimum atomic E-state index is -0.0251. The van der Waals surface area contributed by atoms with E-state index in [1.807, 2.05) is 13.8 Å². The van der Waals surface area contributed by atoms with Crippen LogP contribution in [0, 0.1) is 19.8 Å². The van der Waals surface area contributed by atoms with Crippen LogP contribution in [0.1, 0.15) is 29.1 Å². The van der Waals surface area contributed by atoms with Gasteiger partial charge in [-0.1, -0.05) is 0 Å². The van der Waals surface area contributed by atoms with Crippen LogP contribution in [0.3, 0.4) is 0 Å². The summed E-state index contributed by atoms with van der Waals surface area (Å²) in [6, 6.07) is 0. The number of nitrogens with zero attached hydrogens (tertiary/aromatic N) is 1. The first-order valence-electron chi connectivity index (χ1n) is 7.42. The van der Waals surface area contributed by atoms with Crippen molar-refractivity contribution >= 4 is 21.6 Å². The highest BCUT2D eigenvalue weighted by molar-refractivity contribution is 7.18. The number of hydrogen-bond acceptors (Lipinski definition) is 5. The topological polar surface area (TPSA) is 67.0 Å². The fourth-order valence-electron chi connectivity index (χ4n) is 2.71. The summed E-state index contributed by atoms with van der Waals surface area (Å²) < 4.78 is 5.36. The Labute approximate surface area is 127 Å². The second kappa shape index (κ2) is 6.25. The third-order valence-corrected chi connectivity index (χ3v) is 5.24. The molecule has 0 aromatic carbocycles. The van der Waals surface area contributed by atoms with E-state index in [9.17, 15) is 4.79 Å². The number of H-pyrrole nitrogens is 1. The van der Waals surface area contributed by atoms with Crippen molar-refractivity contribution in [2.24, 2.45) is 5.92 Å². The Morgan fingerprint density at radius 3 is 3.10 bits per heavy atom. The maximum Gasteiger partial charge on any atom is 0.259 e. The van der Waals surface area contributed by atoms with Crippen molar-refractivity contribution < 1.29 is 4.74 Å². The molecule has 1 fully saturated rings. The number of aromatic nitrogens is 2. The Morgan fingerprint density at radius 2 is 2.33 bits per heavy atom. The third kappa shape index (κ3) is 3.17. The van der Waals surface area contributed by atoms with Gasteiger partial charge in [0.1, 0.15) is 10.7 Å². The van der Waals surface area contributed by atoms with Crippen molar-refractivity contribution in [1.29, 1.82) is 0 Å². The van der Waals surface area contributed by atoms with Gasteiger partial charge < -0.3 is 15.0 Å². The molecule has 0 amide bonds. The van der Waals surface area contributed by atoms with Crippen LogP contribution in [0.25, 0.3) is 10.2 Å². The fraction of sp³-hybridized carbons (Fsp3) is 0.600. The van der Waals surface area contributed by atoms with Crippen molar-refractivity contribution in [1.82, 2.24) is 15.3 Å². The quantitative estimate of drug-likeness (QED) is 0.830. The summed E-state index contributed by atoms with van der Waals surface area (Å²) in [5.41, 5.74) is 1.02. The van der Waals surface area contributed by atoms with Crippen LogP contribution < -0.4 is 10.9 Å². The Morgan fingerprint density at radius 1 is 1.48 bits per heavy atom. The molecular formula is C15H21N3O2S. The van der Waals surface area contributed by atoms with Crippen LogP contribution in [-0.2, 0) is 11.3 Å². The molecule has 0 radical (unpaired) electrons. The molecule has 114 valence electrons. The lowest BCUT2D eigenvalue weighted by Gasteiger charge is -2.08. The number of hydrogen-bond donors (Lipinski definition) is 2. The average molecular weight is 307 g/mol. The molecule has 3 rings (SSSR count). The standard InChI is InChI=1S/C15H21N3O2S/c1-9-10(2)21-15-13(9)14(19)17-12(18-15)7-16-5-3-11-4-6-20-8-11/h11,16H,3-8H2,1-2H3,(H,17,18,19). The predicted molar refractivity (Wildman–Crippen MR) is 85.0 cm³/mol. The molecule has 2 aromatic heterocycles. The Hall–Kier alpha value is -1.24. The SMILES string of the molecule is Cc1sc2nc(CNCCC3CCOC3)[nH]c(=O)c2c1C. The van der Waals surface area contributed by atoms with Crippen molar-refractivity contribution in [2.75, 3.05) is 19.8 Å². The van der Waals surface area contributed by atoms with Gasteiger partial charge in [-0.2, -0.15) is 0 Å². The number of fused-ring (bicyclic) bond motifs is 1. The summed E-state index contributed by atoms with van der Waals surface area (Å²) in [6.07, 6.45) is 2.28. The van der Waals surface area contributed by atoms with Gasteiger partial charge in [0.25, 0.3) is 5.56 Å². The van der Waals surface area contributed by atoms with Crippen LogP contribution >= 0.6 is 11.3 Å². The van der Waals surface area contributed by atoms with Gasteiger partial charge in [0, 0.05) is 18.1 Å². The molecule has 6 heteroatoms. The molecule has 5 nitrogen and oxygen atoms in total. The van der Waals surface area contributed by atoms with Gasteiger partial charge in [0.05, 0.1) is 11.9 Å². The van der Waals surface area contributed by atoms with Crippen molar-refractivity contribution in [2.45, 2.75) is 33.2 Å². The maximum absolute atomic E-state index is 12.1. The van der Waals surface area contributed by atoms with Gasteiger partial charge in [0.15, 0.2) is 0 Å². The van der Waals surface area contributed by atoms with E-state index >= 15 is 0 Å². The normalized spacial score (nSPS) is 18.7. The first kappa shape index (κ1) is 14.7. The van der Waals surface area contributed by atoms with E-state index in [2.05, 4.69) is 15.3 Å². The van der Waals surface area contributed by atoms with Crippen molar-refractivity contribution in [3.8, 4) is 0 Å². The lowest BCUT2D eigenvalue weighted by molar-refractivity contribution is 0.184. The summed E-state index contributed by atoms with van der Waals surface area (Å²) in [7, 11) is 0. The van der Waals surface area contributed by atoms with Crippen LogP contribution in [0.15, 0.2) is 4.79 Å². The van der Waals surface area contributed by atoms with E-state index < -0.39 is 0 Å². The number of rotatable bonds is 5. The summed E-state index contributed by atoms with van der Waals surface area (Å²) in [5, 5.41) is 4.10. The molecule has 1 aliphatic rings. The zero-order valence-corrected chi connectivity index (χ0v) is 13.3. The summed E-state index contributed by atoms with van der Waals surface area (Å²) >= 11 is 1.59. The molecule has 1 unspecified atom stereocenters. The predicted octanol–water partition coefficient (Wildman–Crippen LogP) is 2.12. The zero-order chi connectivity index (χ0) is 14.8. The smallest absolute Gasteiger partial charge is 0.259 e. The van der Waals surface area contributed by atoms with Crippen LogP contribution in [0.4, 0.5) is 0 Å². The van der Waals surface area contributed by atoms with E-state index in [4.69, 9.17) is 4.74 Å². The highest BCUT2D eigenvalue weighted by atomic mass is 32.1. The van der Waals surface area contributed by atoms with E-state index in [-0.39, 0.29) is 5.56 Å². The number of thiophene rings is 1. The molecule has 0 saturated carbocycles. The molecule has 0 aliphatic carbocycles. The average Bonchev–Trinajstić information content (AvgIpc) is 3.04. The van der Waals surface area contributed by atoms with Gasteiger partial charge in [0.2, 0.25) is 0 Å². The molecule has 0 bridgehead atoms. The van der Waals surface area contributed by atoms with Gasteiger partial charge in [-0.15, -0.1) is 11.3 Å². The largest absolute Gasteiger partial charge is 0.381 e. The summed E-state index contributed by atoms with van der Waals surface area (Å²) in [4.78, 5) is 21.6. The molecule has 1 saturated heterocycles. The second-order valence-corrected chi connectivity index (χ2v) is 6.87. The second-order valence-electron chi connectivity index (χ2n) is 5.67.